The number of rotatable bonds is 7. The standard InChI is InChI=1S/C17H29NO2/c1-6-13(2)18-11-15(19)12-20-16-9-7-14(8-10-16)17(3,4)5/h7-10,13,15,18-19H,6,11-12H2,1-5H3/t13-,15-/m0/s1. The first-order valence-corrected chi connectivity index (χ1v) is 7.47. The summed E-state index contributed by atoms with van der Waals surface area (Å²) < 4.78 is 5.61. The quantitative estimate of drug-likeness (QED) is 0.806. The Morgan fingerprint density at radius 2 is 1.80 bits per heavy atom. The molecule has 0 aliphatic carbocycles. The lowest BCUT2D eigenvalue weighted by Crippen LogP contribution is -2.36. The first kappa shape index (κ1) is 17.0. The summed E-state index contributed by atoms with van der Waals surface area (Å²) >= 11 is 0. The summed E-state index contributed by atoms with van der Waals surface area (Å²) in [6.45, 7) is 11.7. The summed E-state index contributed by atoms with van der Waals surface area (Å²) in [4.78, 5) is 0. The number of aliphatic hydroxyl groups is 1. The van der Waals surface area contributed by atoms with Crippen LogP contribution in [-0.2, 0) is 5.41 Å². The van der Waals surface area contributed by atoms with E-state index in [1.165, 1.54) is 5.56 Å². The van der Waals surface area contributed by atoms with Crippen molar-refractivity contribution in [3.05, 3.63) is 29.8 Å². The van der Waals surface area contributed by atoms with Gasteiger partial charge in [0.05, 0.1) is 0 Å². The topological polar surface area (TPSA) is 41.5 Å². The highest BCUT2D eigenvalue weighted by atomic mass is 16.5. The zero-order valence-electron chi connectivity index (χ0n) is 13.4. The van der Waals surface area contributed by atoms with E-state index in [-0.39, 0.29) is 5.41 Å². The van der Waals surface area contributed by atoms with E-state index in [2.05, 4.69) is 52.1 Å². The molecule has 0 spiro atoms. The second-order valence-corrected chi connectivity index (χ2v) is 6.46. The van der Waals surface area contributed by atoms with Gasteiger partial charge in [-0.15, -0.1) is 0 Å². The highest BCUT2D eigenvalue weighted by molar-refractivity contribution is 5.31. The van der Waals surface area contributed by atoms with Crippen molar-refractivity contribution in [1.82, 2.24) is 5.32 Å². The molecule has 2 atom stereocenters. The Morgan fingerprint density at radius 1 is 1.20 bits per heavy atom. The van der Waals surface area contributed by atoms with Crippen LogP contribution in [0.2, 0.25) is 0 Å². The van der Waals surface area contributed by atoms with Crippen LogP contribution in [0.15, 0.2) is 24.3 Å². The van der Waals surface area contributed by atoms with Crippen molar-refractivity contribution in [2.24, 2.45) is 0 Å². The van der Waals surface area contributed by atoms with Gasteiger partial charge in [0.2, 0.25) is 0 Å². The van der Waals surface area contributed by atoms with Gasteiger partial charge in [-0.25, -0.2) is 0 Å². The number of ether oxygens (including phenoxy) is 1. The van der Waals surface area contributed by atoms with E-state index in [0.29, 0.717) is 19.2 Å². The zero-order chi connectivity index (χ0) is 15.2. The van der Waals surface area contributed by atoms with Gasteiger partial charge in [0.15, 0.2) is 0 Å². The third-order valence-corrected chi connectivity index (χ3v) is 3.48. The highest BCUT2D eigenvalue weighted by Crippen LogP contribution is 2.24. The molecule has 0 bridgehead atoms. The molecule has 0 saturated carbocycles. The normalized spacial score (nSPS) is 14.9. The van der Waals surface area contributed by atoms with Crippen LogP contribution in [0.3, 0.4) is 0 Å². The van der Waals surface area contributed by atoms with Crippen molar-refractivity contribution in [3.63, 3.8) is 0 Å². The second-order valence-electron chi connectivity index (χ2n) is 6.46. The van der Waals surface area contributed by atoms with Gasteiger partial charge < -0.3 is 15.2 Å². The largest absolute Gasteiger partial charge is 0.491 e. The molecular formula is C17H29NO2. The minimum atomic E-state index is -0.480. The molecule has 0 unspecified atom stereocenters. The van der Waals surface area contributed by atoms with Gasteiger partial charge in [0.1, 0.15) is 18.5 Å². The van der Waals surface area contributed by atoms with Crippen LogP contribution in [0.1, 0.15) is 46.6 Å². The molecule has 0 saturated heterocycles. The molecule has 0 heterocycles. The van der Waals surface area contributed by atoms with Crippen LogP contribution in [-0.4, -0.2) is 30.4 Å². The Balaban J connectivity index is 2.38. The van der Waals surface area contributed by atoms with Gasteiger partial charge in [-0.1, -0.05) is 39.8 Å². The van der Waals surface area contributed by atoms with Crippen molar-refractivity contribution in [3.8, 4) is 5.75 Å². The van der Waals surface area contributed by atoms with E-state index >= 15 is 0 Å². The van der Waals surface area contributed by atoms with Gasteiger partial charge in [-0.2, -0.15) is 0 Å². The van der Waals surface area contributed by atoms with E-state index in [4.69, 9.17) is 4.74 Å². The fraction of sp³-hybridized carbons (Fsp3) is 0.647. The molecule has 3 nitrogen and oxygen atoms in total. The van der Waals surface area contributed by atoms with Gasteiger partial charge in [-0.05, 0) is 36.5 Å². The molecule has 3 heteroatoms. The maximum Gasteiger partial charge on any atom is 0.119 e. The minimum Gasteiger partial charge on any atom is -0.491 e. The van der Waals surface area contributed by atoms with Crippen LogP contribution < -0.4 is 10.1 Å². The predicted molar refractivity (Wildman–Crippen MR) is 84.4 cm³/mol. The Kier molecular flexibility index (Phi) is 6.50. The van der Waals surface area contributed by atoms with Gasteiger partial charge in [-0.3, -0.25) is 0 Å². The van der Waals surface area contributed by atoms with Gasteiger partial charge >= 0.3 is 0 Å². The molecular weight excluding hydrogens is 250 g/mol. The SMILES string of the molecule is CC[C@H](C)NC[C@H](O)COc1ccc(C(C)(C)C)cc1. The van der Waals surface area contributed by atoms with Crippen molar-refractivity contribution in [1.29, 1.82) is 0 Å². The molecule has 0 aromatic heterocycles. The van der Waals surface area contributed by atoms with Crippen molar-refractivity contribution in [2.75, 3.05) is 13.2 Å². The maximum atomic E-state index is 9.85. The molecule has 0 amide bonds. The molecule has 1 aromatic carbocycles. The average Bonchev–Trinajstić information content (AvgIpc) is 2.41. The number of hydrogen-bond donors (Lipinski definition) is 2. The summed E-state index contributed by atoms with van der Waals surface area (Å²) in [5.74, 6) is 0.806. The number of benzene rings is 1. The van der Waals surface area contributed by atoms with Crippen LogP contribution in [0.5, 0.6) is 5.75 Å². The van der Waals surface area contributed by atoms with E-state index < -0.39 is 6.10 Å². The number of nitrogens with one attached hydrogen (secondary N) is 1. The smallest absolute Gasteiger partial charge is 0.119 e. The van der Waals surface area contributed by atoms with Crippen LogP contribution in [0.4, 0.5) is 0 Å². The third-order valence-electron chi connectivity index (χ3n) is 3.48. The lowest BCUT2D eigenvalue weighted by molar-refractivity contribution is 0.104. The lowest BCUT2D eigenvalue weighted by Gasteiger charge is -2.20. The highest BCUT2D eigenvalue weighted by Gasteiger charge is 2.13. The van der Waals surface area contributed by atoms with E-state index in [1.54, 1.807) is 0 Å². The molecule has 1 rings (SSSR count). The molecule has 0 aliphatic heterocycles. The Labute approximate surface area is 123 Å². The second kappa shape index (κ2) is 7.65. The molecule has 1 aromatic rings. The van der Waals surface area contributed by atoms with E-state index in [9.17, 15) is 5.11 Å². The number of hydrogen-bond acceptors (Lipinski definition) is 3. The van der Waals surface area contributed by atoms with Crippen molar-refractivity contribution < 1.29 is 9.84 Å². The van der Waals surface area contributed by atoms with E-state index in [1.807, 2.05) is 12.1 Å². The Morgan fingerprint density at radius 3 is 2.30 bits per heavy atom. The summed E-state index contributed by atoms with van der Waals surface area (Å²) in [6, 6.07) is 8.53. The predicted octanol–water partition coefficient (Wildman–Crippen LogP) is 3.11. The summed E-state index contributed by atoms with van der Waals surface area (Å²) in [5, 5.41) is 13.1. The fourth-order valence-corrected chi connectivity index (χ4v) is 1.78. The molecule has 0 aliphatic rings. The Hall–Kier alpha value is -1.06. The summed E-state index contributed by atoms with van der Waals surface area (Å²) in [6.07, 6.45) is 0.577. The monoisotopic (exact) mass is 279 g/mol. The number of aliphatic hydroxyl groups excluding tert-OH is 1. The molecule has 2 N–H and O–H groups in total. The Bertz CT molecular complexity index is 381. The zero-order valence-corrected chi connectivity index (χ0v) is 13.4. The molecule has 0 fully saturated rings. The van der Waals surface area contributed by atoms with Crippen LogP contribution >= 0.6 is 0 Å². The fourth-order valence-electron chi connectivity index (χ4n) is 1.78. The van der Waals surface area contributed by atoms with Gasteiger partial charge in [0, 0.05) is 12.6 Å². The first-order chi connectivity index (χ1) is 9.32. The average molecular weight is 279 g/mol. The maximum absolute atomic E-state index is 9.85. The summed E-state index contributed by atoms with van der Waals surface area (Å²) in [5.41, 5.74) is 1.43. The van der Waals surface area contributed by atoms with Crippen LogP contribution in [0.25, 0.3) is 0 Å². The minimum absolute atomic E-state index is 0.151. The molecule has 114 valence electrons. The van der Waals surface area contributed by atoms with Crippen LogP contribution in [0, 0.1) is 0 Å². The first-order valence-electron chi connectivity index (χ1n) is 7.47. The summed E-state index contributed by atoms with van der Waals surface area (Å²) in [7, 11) is 0. The lowest BCUT2D eigenvalue weighted by atomic mass is 9.87. The van der Waals surface area contributed by atoms with E-state index in [0.717, 1.165) is 12.2 Å². The van der Waals surface area contributed by atoms with Gasteiger partial charge in [0.25, 0.3) is 0 Å². The van der Waals surface area contributed by atoms with Crippen molar-refractivity contribution >= 4 is 0 Å². The molecule has 20 heavy (non-hydrogen) atoms. The van der Waals surface area contributed by atoms with Crippen molar-refractivity contribution in [2.45, 2.75) is 58.6 Å². The molecule has 0 radical (unpaired) electrons. The third kappa shape index (κ3) is 5.93.